The molecule has 2 heteroatoms. The van der Waals surface area contributed by atoms with Crippen LogP contribution >= 0.6 is 0 Å². The van der Waals surface area contributed by atoms with E-state index in [1.54, 1.807) is 7.11 Å². The Labute approximate surface area is 113 Å². The smallest absolute Gasteiger partial charge is 0.127 e. The van der Waals surface area contributed by atoms with Gasteiger partial charge < -0.3 is 9.84 Å². The molecular formula is C17H16O2. The fourth-order valence-corrected chi connectivity index (χ4v) is 2.67. The standard InChI is InChI=1S/C17H16O2/c1-19-16-9-5-4-8-14(16)15-11-10-12-6-2-3-7-13(12)17(15)18/h2-9,18H,10-11H2,1H3. The second-order valence-electron chi connectivity index (χ2n) is 4.68. The van der Waals surface area contributed by atoms with Crippen molar-refractivity contribution >= 4 is 11.3 Å². The highest BCUT2D eigenvalue weighted by Gasteiger charge is 2.20. The van der Waals surface area contributed by atoms with Gasteiger partial charge in [0.2, 0.25) is 0 Å². The Hall–Kier alpha value is -2.22. The lowest BCUT2D eigenvalue weighted by molar-refractivity contribution is 0.413. The maximum atomic E-state index is 10.5. The molecule has 3 rings (SSSR count). The van der Waals surface area contributed by atoms with Gasteiger partial charge >= 0.3 is 0 Å². The maximum Gasteiger partial charge on any atom is 0.127 e. The van der Waals surface area contributed by atoms with Crippen LogP contribution in [-0.4, -0.2) is 12.2 Å². The van der Waals surface area contributed by atoms with Gasteiger partial charge in [-0.15, -0.1) is 0 Å². The number of rotatable bonds is 2. The van der Waals surface area contributed by atoms with Crippen molar-refractivity contribution in [1.29, 1.82) is 0 Å². The van der Waals surface area contributed by atoms with Crippen LogP contribution in [0.3, 0.4) is 0 Å². The number of para-hydroxylation sites is 1. The molecule has 0 fully saturated rings. The van der Waals surface area contributed by atoms with E-state index in [0.29, 0.717) is 5.76 Å². The van der Waals surface area contributed by atoms with Crippen LogP contribution in [0.5, 0.6) is 5.75 Å². The minimum absolute atomic E-state index is 0.381. The number of fused-ring (bicyclic) bond motifs is 1. The first-order valence-electron chi connectivity index (χ1n) is 6.45. The van der Waals surface area contributed by atoms with Crippen LogP contribution in [0.2, 0.25) is 0 Å². The predicted octanol–water partition coefficient (Wildman–Crippen LogP) is 4.07. The summed E-state index contributed by atoms with van der Waals surface area (Å²) in [6, 6.07) is 15.9. The first-order chi connectivity index (χ1) is 9.31. The Bertz CT molecular complexity index is 641. The van der Waals surface area contributed by atoms with Crippen molar-refractivity contribution in [3.05, 3.63) is 65.2 Å². The third kappa shape index (κ3) is 1.99. The van der Waals surface area contributed by atoms with E-state index >= 15 is 0 Å². The van der Waals surface area contributed by atoms with E-state index < -0.39 is 0 Å². The predicted molar refractivity (Wildman–Crippen MR) is 77.2 cm³/mol. The Morgan fingerprint density at radius 1 is 0.895 bits per heavy atom. The first kappa shape index (κ1) is 11.8. The molecule has 0 unspecified atom stereocenters. The zero-order valence-electron chi connectivity index (χ0n) is 10.9. The minimum atomic E-state index is 0.381. The third-order valence-corrected chi connectivity index (χ3v) is 3.63. The number of allylic oxidation sites excluding steroid dienone is 1. The first-order valence-corrected chi connectivity index (χ1v) is 6.45. The SMILES string of the molecule is COc1ccccc1C1=C(O)c2ccccc2CC1. The molecular weight excluding hydrogens is 236 g/mol. The Morgan fingerprint density at radius 2 is 1.58 bits per heavy atom. The van der Waals surface area contributed by atoms with Gasteiger partial charge in [0.1, 0.15) is 11.5 Å². The summed E-state index contributed by atoms with van der Waals surface area (Å²) in [7, 11) is 1.66. The van der Waals surface area contributed by atoms with Crippen LogP contribution in [-0.2, 0) is 6.42 Å². The molecule has 0 bridgehead atoms. The monoisotopic (exact) mass is 252 g/mol. The molecule has 0 saturated heterocycles. The lowest BCUT2D eigenvalue weighted by Crippen LogP contribution is -2.05. The number of aryl methyl sites for hydroxylation is 1. The number of aliphatic hydroxyl groups is 1. The molecule has 0 atom stereocenters. The van der Waals surface area contributed by atoms with Crippen LogP contribution in [0.25, 0.3) is 11.3 Å². The molecule has 0 heterocycles. The van der Waals surface area contributed by atoms with Crippen LogP contribution in [0, 0.1) is 0 Å². The average molecular weight is 252 g/mol. The van der Waals surface area contributed by atoms with Crippen molar-refractivity contribution in [1.82, 2.24) is 0 Å². The van der Waals surface area contributed by atoms with Crippen molar-refractivity contribution in [3.63, 3.8) is 0 Å². The fraction of sp³-hybridized carbons (Fsp3) is 0.176. The van der Waals surface area contributed by atoms with E-state index in [4.69, 9.17) is 4.74 Å². The van der Waals surface area contributed by atoms with Gasteiger partial charge in [-0.1, -0.05) is 42.5 Å². The highest BCUT2D eigenvalue weighted by molar-refractivity contribution is 5.91. The summed E-state index contributed by atoms with van der Waals surface area (Å²) in [6.45, 7) is 0. The molecule has 2 aromatic rings. The number of aliphatic hydroxyl groups excluding tert-OH is 1. The van der Waals surface area contributed by atoms with E-state index in [1.165, 1.54) is 5.56 Å². The lowest BCUT2D eigenvalue weighted by Gasteiger charge is -2.21. The highest BCUT2D eigenvalue weighted by Crippen LogP contribution is 2.38. The van der Waals surface area contributed by atoms with Crippen molar-refractivity contribution in [2.75, 3.05) is 7.11 Å². The Balaban J connectivity index is 2.16. The largest absolute Gasteiger partial charge is 0.507 e. The molecule has 1 N–H and O–H groups in total. The number of methoxy groups -OCH3 is 1. The molecule has 2 aromatic carbocycles. The van der Waals surface area contributed by atoms with Gasteiger partial charge in [0.25, 0.3) is 0 Å². The summed E-state index contributed by atoms with van der Waals surface area (Å²) in [5, 5.41) is 10.5. The minimum Gasteiger partial charge on any atom is -0.507 e. The van der Waals surface area contributed by atoms with Gasteiger partial charge in [-0.2, -0.15) is 0 Å². The normalized spacial score (nSPS) is 14.2. The molecule has 0 saturated carbocycles. The van der Waals surface area contributed by atoms with Gasteiger partial charge in [0.15, 0.2) is 0 Å². The summed E-state index contributed by atoms with van der Waals surface area (Å²) in [4.78, 5) is 0. The van der Waals surface area contributed by atoms with Crippen molar-refractivity contribution in [2.45, 2.75) is 12.8 Å². The van der Waals surface area contributed by atoms with Gasteiger partial charge in [0, 0.05) is 16.7 Å². The summed E-state index contributed by atoms with van der Waals surface area (Å²) in [5.74, 6) is 1.19. The summed E-state index contributed by atoms with van der Waals surface area (Å²) >= 11 is 0. The summed E-state index contributed by atoms with van der Waals surface area (Å²) < 4.78 is 5.39. The van der Waals surface area contributed by atoms with Crippen molar-refractivity contribution < 1.29 is 9.84 Å². The van der Waals surface area contributed by atoms with Crippen LogP contribution < -0.4 is 4.74 Å². The van der Waals surface area contributed by atoms with Gasteiger partial charge in [-0.25, -0.2) is 0 Å². The van der Waals surface area contributed by atoms with Crippen LogP contribution in [0.15, 0.2) is 48.5 Å². The molecule has 0 radical (unpaired) electrons. The highest BCUT2D eigenvalue weighted by atomic mass is 16.5. The zero-order chi connectivity index (χ0) is 13.2. The average Bonchev–Trinajstić information content (AvgIpc) is 2.48. The third-order valence-electron chi connectivity index (χ3n) is 3.63. The number of benzene rings is 2. The molecule has 1 aliphatic carbocycles. The second-order valence-corrected chi connectivity index (χ2v) is 4.68. The number of ether oxygens (including phenoxy) is 1. The number of hydrogen-bond acceptors (Lipinski definition) is 2. The maximum absolute atomic E-state index is 10.5. The van der Waals surface area contributed by atoms with Gasteiger partial charge in [-0.05, 0) is 24.5 Å². The fourth-order valence-electron chi connectivity index (χ4n) is 2.67. The van der Waals surface area contributed by atoms with E-state index in [-0.39, 0.29) is 0 Å². The quantitative estimate of drug-likeness (QED) is 0.873. The Kier molecular flexibility index (Phi) is 3.00. The molecule has 96 valence electrons. The summed E-state index contributed by atoms with van der Waals surface area (Å²) in [5.41, 5.74) is 4.10. The van der Waals surface area contributed by atoms with Gasteiger partial charge in [-0.3, -0.25) is 0 Å². The summed E-state index contributed by atoms with van der Waals surface area (Å²) in [6.07, 6.45) is 1.79. The van der Waals surface area contributed by atoms with E-state index in [2.05, 4.69) is 6.07 Å². The molecule has 1 aliphatic rings. The molecule has 0 aliphatic heterocycles. The lowest BCUT2D eigenvalue weighted by atomic mass is 9.87. The number of hydrogen-bond donors (Lipinski definition) is 1. The Morgan fingerprint density at radius 3 is 2.37 bits per heavy atom. The molecule has 0 amide bonds. The molecule has 0 spiro atoms. The van der Waals surface area contributed by atoms with Crippen molar-refractivity contribution in [2.24, 2.45) is 0 Å². The second kappa shape index (κ2) is 4.81. The van der Waals surface area contributed by atoms with Crippen LogP contribution in [0.1, 0.15) is 23.1 Å². The van der Waals surface area contributed by atoms with Gasteiger partial charge in [0.05, 0.1) is 7.11 Å². The molecule has 2 nitrogen and oxygen atoms in total. The van der Waals surface area contributed by atoms with E-state index in [0.717, 1.165) is 35.3 Å². The van der Waals surface area contributed by atoms with Crippen molar-refractivity contribution in [3.8, 4) is 5.75 Å². The molecule has 19 heavy (non-hydrogen) atoms. The van der Waals surface area contributed by atoms with Crippen LogP contribution in [0.4, 0.5) is 0 Å². The topological polar surface area (TPSA) is 29.5 Å². The zero-order valence-corrected chi connectivity index (χ0v) is 10.9. The van der Waals surface area contributed by atoms with E-state index in [1.807, 2.05) is 42.5 Å². The molecule has 0 aromatic heterocycles. The van der Waals surface area contributed by atoms with E-state index in [9.17, 15) is 5.11 Å².